The Morgan fingerprint density at radius 1 is 0.696 bits per heavy atom. The number of hydrogen-bond acceptors (Lipinski definition) is 0. The predicted molar refractivity (Wildman–Crippen MR) is 102 cm³/mol. The van der Waals surface area contributed by atoms with Gasteiger partial charge in [0.15, 0.2) is 0 Å². The summed E-state index contributed by atoms with van der Waals surface area (Å²) < 4.78 is 0. The molecule has 1 aliphatic rings. The Hall–Kier alpha value is 1.19. The molecular weight excluding hydrogens is 330 g/mol. The van der Waals surface area contributed by atoms with Gasteiger partial charge >= 0.3 is 0 Å². The van der Waals surface area contributed by atoms with E-state index in [4.69, 9.17) is 0 Å². The third-order valence-electron chi connectivity index (χ3n) is 4.62. The van der Waals surface area contributed by atoms with Gasteiger partial charge in [0.1, 0.15) is 0 Å². The molecule has 2 aromatic rings. The fourth-order valence-electron chi connectivity index (χ4n) is 3.46. The quantitative estimate of drug-likeness (QED) is 0.692. The Kier molecular flexibility index (Phi) is 10.0. The summed E-state index contributed by atoms with van der Waals surface area (Å²) in [6.45, 7) is 4.75. The van der Waals surface area contributed by atoms with Crippen LogP contribution in [0.3, 0.4) is 0 Å². The van der Waals surface area contributed by atoms with Crippen molar-refractivity contribution in [2.75, 3.05) is 0 Å². The van der Waals surface area contributed by atoms with E-state index in [0.717, 1.165) is 0 Å². The van der Waals surface area contributed by atoms with Gasteiger partial charge in [-0.2, -0.15) is 0 Å². The van der Waals surface area contributed by atoms with Crippen LogP contribution in [-0.4, -0.2) is 103 Å². The van der Waals surface area contributed by atoms with E-state index in [1.807, 2.05) is 0 Å². The van der Waals surface area contributed by atoms with Gasteiger partial charge < -0.3 is 0 Å². The Morgan fingerprint density at radius 3 is 1.48 bits per heavy atom. The molecule has 0 aromatic heterocycles. The molecule has 0 nitrogen and oxygen atoms in total. The molecule has 0 atom stereocenters. The standard InChI is InChI=1S/C21H22.2K/c1-21(2,19-15-9-10-16-19)20(17-11-5-3-6-12-17)18-13-7-4-8-14-18;;/h3-16,19-20H,1-2H3;;. The summed E-state index contributed by atoms with van der Waals surface area (Å²) in [7, 11) is 0. The summed E-state index contributed by atoms with van der Waals surface area (Å²) in [6, 6.07) is 21.8. The minimum absolute atomic E-state index is 0. The van der Waals surface area contributed by atoms with Crippen molar-refractivity contribution in [3.63, 3.8) is 0 Å². The molecule has 0 bridgehead atoms. The van der Waals surface area contributed by atoms with Crippen LogP contribution in [0.2, 0.25) is 0 Å². The van der Waals surface area contributed by atoms with Gasteiger partial charge in [-0.05, 0) is 16.5 Å². The molecule has 0 fully saturated rings. The van der Waals surface area contributed by atoms with E-state index in [2.05, 4.69) is 98.8 Å². The van der Waals surface area contributed by atoms with Crippen molar-refractivity contribution in [3.8, 4) is 0 Å². The molecule has 0 amide bonds. The van der Waals surface area contributed by atoms with Gasteiger partial charge in [0.2, 0.25) is 0 Å². The van der Waals surface area contributed by atoms with E-state index in [1.165, 1.54) is 11.1 Å². The van der Waals surface area contributed by atoms with Crippen LogP contribution in [0, 0.1) is 11.3 Å². The van der Waals surface area contributed by atoms with Gasteiger partial charge in [0.25, 0.3) is 0 Å². The van der Waals surface area contributed by atoms with E-state index in [-0.39, 0.29) is 108 Å². The van der Waals surface area contributed by atoms with Crippen LogP contribution in [0.1, 0.15) is 30.9 Å². The first-order valence-electron chi connectivity index (χ1n) is 7.64. The van der Waals surface area contributed by atoms with Gasteiger partial charge in [-0.3, -0.25) is 0 Å². The number of hydrogen-bond donors (Lipinski definition) is 0. The molecule has 0 unspecified atom stereocenters. The second kappa shape index (κ2) is 10.4. The minimum atomic E-state index is 0. The maximum atomic E-state index is 2.38. The zero-order valence-electron chi connectivity index (χ0n) is 14.7. The molecule has 2 heteroatoms. The van der Waals surface area contributed by atoms with E-state index < -0.39 is 0 Å². The molecule has 23 heavy (non-hydrogen) atoms. The molecule has 108 valence electrons. The zero-order chi connectivity index (χ0) is 14.7. The zero-order valence-corrected chi connectivity index (χ0v) is 21.0. The topological polar surface area (TPSA) is 0 Å². The summed E-state index contributed by atoms with van der Waals surface area (Å²) in [4.78, 5) is 0. The first-order chi connectivity index (χ1) is 10.2. The Balaban J connectivity index is 0.00000132. The fourth-order valence-corrected chi connectivity index (χ4v) is 3.46. The smallest absolute Gasteiger partial charge is 0.0149 e. The number of allylic oxidation sites excluding steroid dienone is 4. The largest absolute Gasteiger partial charge is 0.0771 e. The van der Waals surface area contributed by atoms with Crippen LogP contribution >= 0.6 is 0 Å². The monoisotopic (exact) mass is 352 g/mol. The van der Waals surface area contributed by atoms with Crippen LogP contribution in [0.4, 0.5) is 0 Å². The Morgan fingerprint density at radius 2 is 1.09 bits per heavy atom. The van der Waals surface area contributed by atoms with Crippen LogP contribution in [0.15, 0.2) is 85.0 Å². The van der Waals surface area contributed by atoms with Crippen molar-refractivity contribution in [3.05, 3.63) is 96.1 Å². The molecule has 0 N–H and O–H groups in total. The second-order valence-electron chi connectivity index (χ2n) is 6.37. The van der Waals surface area contributed by atoms with E-state index in [9.17, 15) is 0 Å². The molecule has 0 spiro atoms. The molecule has 2 aromatic carbocycles. The molecule has 0 aliphatic heterocycles. The van der Waals surface area contributed by atoms with Crippen LogP contribution in [-0.2, 0) is 0 Å². The Labute approximate surface area is 225 Å². The van der Waals surface area contributed by atoms with Crippen molar-refractivity contribution in [1.82, 2.24) is 0 Å². The average molecular weight is 353 g/mol. The maximum absolute atomic E-state index is 2.38. The minimum Gasteiger partial charge on any atom is -0.0771 e. The van der Waals surface area contributed by atoms with Crippen LogP contribution in [0.25, 0.3) is 0 Å². The van der Waals surface area contributed by atoms with E-state index >= 15 is 0 Å². The summed E-state index contributed by atoms with van der Waals surface area (Å²) >= 11 is 0. The molecule has 0 heterocycles. The summed E-state index contributed by atoms with van der Waals surface area (Å²) in [6.07, 6.45) is 8.97. The number of benzene rings is 2. The van der Waals surface area contributed by atoms with Gasteiger partial charge in [-0.1, -0.05) is 98.8 Å². The van der Waals surface area contributed by atoms with Gasteiger partial charge in [-0.25, -0.2) is 0 Å². The molecule has 1 aliphatic carbocycles. The fraction of sp³-hybridized carbons (Fsp3) is 0.238. The van der Waals surface area contributed by atoms with Crippen molar-refractivity contribution >= 4 is 103 Å². The average Bonchev–Trinajstić information content (AvgIpc) is 3.04. The molecule has 0 saturated carbocycles. The third kappa shape index (κ3) is 5.33. The normalized spacial score (nSPS) is 13.7. The maximum Gasteiger partial charge on any atom is 0.0149 e. The van der Waals surface area contributed by atoms with E-state index in [0.29, 0.717) is 11.8 Å². The van der Waals surface area contributed by atoms with Crippen molar-refractivity contribution in [2.24, 2.45) is 11.3 Å². The Bertz CT molecular complexity index is 591. The second-order valence-corrected chi connectivity index (χ2v) is 6.37. The molecule has 2 radical (unpaired) electrons. The van der Waals surface area contributed by atoms with Crippen LogP contribution < -0.4 is 0 Å². The molecule has 0 saturated heterocycles. The van der Waals surface area contributed by atoms with E-state index in [1.54, 1.807) is 0 Å². The van der Waals surface area contributed by atoms with Crippen LogP contribution in [0.5, 0.6) is 0 Å². The summed E-state index contributed by atoms with van der Waals surface area (Å²) in [5.74, 6) is 0.861. The molecular formula is C21H22K2. The summed E-state index contributed by atoms with van der Waals surface area (Å²) in [5, 5.41) is 0. The van der Waals surface area contributed by atoms with Gasteiger partial charge in [0, 0.05) is 115 Å². The SMILES string of the molecule is CC(C)(C1C=CC=C1)C(c1ccccc1)c1ccccc1.[K].[K]. The van der Waals surface area contributed by atoms with Crippen molar-refractivity contribution in [1.29, 1.82) is 0 Å². The predicted octanol–water partition coefficient (Wildman–Crippen LogP) is 4.83. The van der Waals surface area contributed by atoms with Gasteiger partial charge in [-0.15, -0.1) is 0 Å². The molecule has 3 rings (SSSR count). The van der Waals surface area contributed by atoms with Gasteiger partial charge in [0.05, 0.1) is 0 Å². The summed E-state index contributed by atoms with van der Waals surface area (Å²) in [5.41, 5.74) is 2.91. The van der Waals surface area contributed by atoms with Crippen molar-refractivity contribution < 1.29 is 0 Å². The first kappa shape index (κ1) is 22.2. The first-order valence-corrected chi connectivity index (χ1v) is 7.64. The number of rotatable bonds is 4. The van der Waals surface area contributed by atoms with Crippen molar-refractivity contribution in [2.45, 2.75) is 19.8 Å². The third-order valence-corrected chi connectivity index (χ3v) is 4.62.